The molecule has 0 N–H and O–H groups in total. The molecule has 21 heavy (non-hydrogen) atoms. The maximum Gasteiger partial charge on any atom is 0.129 e. The largest absolute Gasteiger partial charge is 0.497 e. The average Bonchev–Trinajstić information content (AvgIpc) is 2.53. The van der Waals surface area contributed by atoms with Crippen LogP contribution < -0.4 is 9.47 Å². The molecule has 1 rings (SSSR count). The Kier molecular flexibility index (Phi) is 6.04. The molecule has 0 heterocycles. The quantitative estimate of drug-likeness (QED) is 0.589. The number of allylic oxidation sites excluding steroid dienone is 3. The fraction of sp³-hybridized carbons (Fsp3) is 0.294. The Morgan fingerprint density at radius 2 is 1.95 bits per heavy atom. The van der Waals surface area contributed by atoms with Gasteiger partial charge in [-0.15, -0.1) is 6.58 Å². The summed E-state index contributed by atoms with van der Waals surface area (Å²) in [6.45, 7) is 5.54. The van der Waals surface area contributed by atoms with Crippen LogP contribution in [-0.4, -0.2) is 14.2 Å². The molecule has 1 aromatic carbocycles. The van der Waals surface area contributed by atoms with Crippen molar-refractivity contribution in [2.45, 2.75) is 19.3 Å². The first kappa shape index (κ1) is 16.3. The van der Waals surface area contributed by atoms with Gasteiger partial charge >= 0.3 is 0 Å². The summed E-state index contributed by atoms with van der Waals surface area (Å²) in [5.74, 6) is 1.24. The van der Waals surface area contributed by atoms with Gasteiger partial charge in [0.15, 0.2) is 0 Å². The molecular formula is C17H18N2O2. The number of benzene rings is 1. The zero-order chi connectivity index (χ0) is 15.8. The van der Waals surface area contributed by atoms with Crippen molar-refractivity contribution < 1.29 is 9.47 Å². The molecule has 0 amide bonds. The fourth-order valence-electron chi connectivity index (χ4n) is 2.19. The van der Waals surface area contributed by atoms with Crippen LogP contribution in [0.3, 0.4) is 0 Å². The van der Waals surface area contributed by atoms with E-state index in [4.69, 9.17) is 20.0 Å². The number of ether oxygens (including phenoxy) is 2. The van der Waals surface area contributed by atoms with Gasteiger partial charge in [-0.05, 0) is 37.1 Å². The van der Waals surface area contributed by atoms with Gasteiger partial charge in [0.1, 0.15) is 29.2 Å². The van der Waals surface area contributed by atoms with Gasteiger partial charge in [0.2, 0.25) is 0 Å². The van der Waals surface area contributed by atoms with Crippen LogP contribution >= 0.6 is 0 Å². The predicted molar refractivity (Wildman–Crippen MR) is 81.0 cm³/mol. The normalized spacial score (nSPS) is 10.7. The molecule has 0 aromatic heterocycles. The number of methoxy groups -OCH3 is 2. The van der Waals surface area contributed by atoms with Gasteiger partial charge in [-0.25, -0.2) is 0 Å². The third-order valence-electron chi connectivity index (χ3n) is 3.36. The van der Waals surface area contributed by atoms with Crippen molar-refractivity contribution in [1.82, 2.24) is 0 Å². The van der Waals surface area contributed by atoms with E-state index in [1.54, 1.807) is 27.2 Å². The van der Waals surface area contributed by atoms with Crippen LogP contribution in [0, 0.1) is 22.7 Å². The van der Waals surface area contributed by atoms with Crippen molar-refractivity contribution in [3.05, 3.63) is 47.6 Å². The lowest BCUT2D eigenvalue weighted by Crippen LogP contribution is -2.05. The van der Waals surface area contributed by atoms with E-state index in [1.165, 1.54) is 0 Å². The molecule has 1 aromatic rings. The van der Waals surface area contributed by atoms with Crippen LogP contribution in [0.5, 0.6) is 11.5 Å². The summed E-state index contributed by atoms with van der Waals surface area (Å²) in [7, 11) is 3.18. The summed E-state index contributed by atoms with van der Waals surface area (Å²) in [5.41, 5.74) is 1.69. The molecule has 0 saturated heterocycles. The van der Waals surface area contributed by atoms with E-state index in [9.17, 15) is 0 Å². The first-order valence-electron chi connectivity index (χ1n) is 6.46. The molecule has 0 saturated carbocycles. The van der Waals surface area contributed by atoms with E-state index in [-0.39, 0.29) is 11.5 Å². The lowest BCUT2D eigenvalue weighted by Gasteiger charge is -2.20. The Labute approximate surface area is 125 Å². The van der Waals surface area contributed by atoms with E-state index < -0.39 is 0 Å². The van der Waals surface area contributed by atoms with Gasteiger partial charge in [0.05, 0.1) is 14.2 Å². The maximum atomic E-state index is 9.08. The Morgan fingerprint density at radius 3 is 2.43 bits per heavy atom. The number of hydrogen-bond donors (Lipinski definition) is 0. The number of rotatable bonds is 6. The third kappa shape index (κ3) is 3.64. The minimum atomic E-state index is -0.151. The smallest absolute Gasteiger partial charge is 0.129 e. The fourth-order valence-corrected chi connectivity index (χ4v) is 2.19. The van der Waals surface area contributed by atoms with Gasteiger partial charge in [-0.1, -0.05) is 6.08 Å². The molecule has 0 spiro atoms. The molecule has 108 valence electrons. The van der Waals surface area contributed by atoms with Crippen LogP contribution in [0.2, 0.25) is 0 Å². The van der Waals surface area contributed by atoms with Gasteiger partial charge in [0, 0.05) is 11.5 Å². The van der Waals surface area contributed by atoms with Crippen molar-refractivity contribution in [3.63, 3.8) is 0 Å². The summed E-state index contributed by atoms with van der Waals surface area (Å²) in [5, 5.41) is 18.2. The van der Waals surface area contributed by atoms with Crippen LogP contribution in [0.15, 0.2) is 42.0 Å². The Bertz CT molecular complexity index is 617. The second-order valence-electron chi connectivity index (χ2n) is 4.47. The lowest BCUT2D eigenvalue weighted by molar-refractivity contribution is 0.396. The molecule has 4 heteroatoms. The van der Waals surface area contributed by atoms with Gasteiger partial charge in [-0.3, -0.25) is 0 Å². The van der Waals surface area contributed by atoms with Crippen molar-refractivity contribution >= 4 is 0 Å². The SMILES string of the molecule is C=CCC(C(C)=C(C#N)C#N)c1cc(OC)ccc1OC. The minimum absolute atomic E-state index is 0.117. The van der Waals surface area contributed by atoms with Crippen molar-refractivity contribution in [2.75, 3.05) is 14.2 Å². The van der Waals surface area contributed by atoms with E-state index in [0.29, 0.717) is 23.5 Å². The van der Waals surface area contributed by atoms with Crippen LogP contribution in [0.1, 0.15) is 24.8 Å². The van der Waals surface area contributed by atoms with Gasteiger partial charge in [-0.2, -0.15) is 10.5 Å². The first-order chi connectivity index (χ1) is 10.1. The van der Waals surface area contributed by atoms with Crippen molar-refractivity contribution in [3.8, 4) is 23.6 Å². The Morgan fingerprint density at radius 1 is 1.29 bits per heavy atom. The van der Waals surface area contributed by atoms with Crippen LogP contribution in [-0.2, 0) is 0 Å². The summed E-state index contributed by atoms with van der Waals surface area (Å²) in [4.78, 5) is 0. The first-order valence-corrected chi connectivity index (χ1v) is 6.46. The summed E-state index contributed by atoms with van der Waals surface area (Å²) in [6, 6.07) is 9.36. The highest BCUT2D eigenvalue weighted by atomic mass is 16.5. The highest BCUT2D eigenvalue weighted by molar-refractivity contribution is 5.50. The molecular weight excluding hydrogens is 264 g/mol. The maximum absolute atomic E-state index is 9.08. The molecule has 4 nitrogen and oxygen atoms in total. The molecule has 0 bridgehead atoms. The standard InChI is InChI=1S/C17H18N2O2/c1-5-6-15(12(2)13(10-18)11-19)16-9-14(20-3)7-8-17(16)21-4/h5,7-9,15H,1,6H2,2-4H3. The molecule has 0 aliphatic heterocycles. The molecule has 1 atom stereocenters. The predicted octanol–water partition coefficient (Wildman–Crippen LogP) is 3.73. The highest BCUT2D eigenvalue weighted by Crippen LogP contribution is 2.37. The molecule has 0 fully saturated rings. The number of hydrogen-bond acceptors (Lipinski definition) is 4. The third-order valence-corrected chi connectivity index (χ3v) is 3.36. The Hall–Kier alpha value is -2.72. The minimum Gasteiger partial charge on any atom is -0.497 e. The zero-order valence-electron chi connectivity index (χ0n) is 12.5. The van der Waals surface area contributed by atoms with Crippen molar-refractivity contribution in [1.29, 1.82) is 10.5 Å². The number of nitriles is 2. The van der Waals surface area contributed by atoms with Gasteiger partial charge < -0.3 is 9.47 Å². The Balaban J connectivity index is 3.49. The molecule has 0 aliphatic rings. The van der Waals surface area contributed by atoms with Gasteiger partial charge in [0.25, 0.3) is 0 Å². The average molecular weight is 282 g/mol. The van der Waals surface area contributed by atoms with Crippen molar-refractivity contribution in [2.24, 2.45) is 0 Å². The number of nitrogens with zero attached hydrogens (tertiary/aromatic N) is 2. The topological polar surface area (TPSA) is 66.0 Å². The monoisotopic (exact) mass is 282 g/mol. The highest BCUT2D eigenvalue weighted by Gasteiger charge is 2.20. The summed E-state index contributed by atoms with van der Waals surface area (Å²) >= 11 is 0. The second-order valence-corrected chi connectivity index (χ2v) is 4.47. The van der Waals surface area contributed by atoms with E-state index in [0.717, 1.165) is 5.56 Å². The van der Waals surface area contributed by atoms with Crippen LogP contribution in [0.4, 0.5) is 0 Å². The van der Waals surface area contributed by atoms with E-state index in [2.05, 4.69) is 6.58 Å². The molecule has 0 radical (unpaired) electrons. The lowest BCUT2D eigenvalue weighted by atomic mass is 9.86. The molecule has 0 aliphatic carbocycles. The van der Waals surface area contributed by atoms with Crippen LogP contribution in [0.25, 0.3) is 0 Å². The van der Waals surface area contributed by atoms with E-state index >= 15 is 0 Å². The summed E-state index contributed by atoms with van der Waals surface area (Å²) in [6.07, 6.45) is 2.36. The zero-order valence-corrected chi connectivity index (χ0v) is 12.5. The summed E-state index contributed by atoms with van der Waals surface area (Å²) < 4.78 is 10.6. The molecule has 1 unspecified atom stereocenters. The van der Waals surface area contributed by atoms with E-state index in [1.807, 2.05) is 30.3 Å². The second kappa shape index (κ2) is 7.77.